The van der Waals surface area contributed by atoms with Crippen LogP contribution in [0, 0.1) is 11.3 Å². The molecule has 4 aromatic carbocycles. The minimum Gasteiger partial charge on any atom is -0.493 e. The van der Waals surface area contributed by atoms with Gasteiger partial charge in [0, 0.05) is 10.7 Å². The Labute approximate surface area is 254 Å². The third-order valence-electron chi connectivity index (χ3n) is 5.65. The number of halogens is 3. The largest absolute Gasteiger partial charge is 0.493 e. The fourth-order valence-corrected chi connectivity index (χ4v) is 5.24. The Kier molecular flexibility index (Phi) is 10.3. The lowest BCUT2D eigenvalue weighted by molar-refractivity contribution is -0.112. The van der Waals surface area contributed by atoms with E-state index in [-0.39, 0.29) is 12.2 Å². The van der Waals surface area contributed by atoms with Gasteiger partial charge in [0.05, 0.1) is 16.1 Å². The molecule has 0 aliphatic rings. The van der Waals surface area contributed by atoms with Gasteiger partial charge in [-0.15, -0.1) is 0 Å². The second-order valence-electron chi connectivity index (χ2n) is 8.49. The van der Waals surface area contributed by atoms with E-state index in [9.17, 15) is 10.1 Å². The van der Waals surface area contributed by atoms with Crippen LogP contribution in [0.1, 0.15) is 16.7 Å². The zero-order valence-electron chi connectivity index (χ0n) is 21.3. The molecule has 40 heavy (non-hydrogen) atoms. The van der Waals surface area contributed by atoms with Crippen molar-refractivity contribution in [1.82, 2.24) is 0 Å². The summed E-state index contributed by atoms with van der Waals surface area (Å²) in [6.07, 6.45) is 1.50. The summed E-state index contributed by atoms with van der Waals surface area (Å²) in [5, 5.41) is 12.8. The molecule has 0 saturated carbocycles. The van der Waals surface area contributed by atoms with E-state index in [1.165, 1.54) is 6.08 Å². The first-order valence-electron chi connectivity index (χ1n) is 12.0. The van der Waals surface area contributed by atoms with Gasteiger partial charge in [0.1, 0.15) is 30.6 Å². The summed E-state index contributed by atoms with van der Waals surface area (Å²) in [5.41, 5.74) is 3.07. The molecule has 9 heteroatoms. The molecule has 4 aromatic rings. The summed E-state index contributed by atoms with van der Waals surface area (Å²) >= 11 is 13.0. The van der Waals surface area contributed by atoms with Gasteiger partial charge in [-0.05, 0) is 103 Å². The van der Waals surface area contributed by atoms with Crippen LogP contribution in [0.3, 0.4) is 0 Å². The van der Waals surface area contributed by atoms with Gasteiger partial charge in [0.2, 0.25) is 0 Å². The normalized spacial score (nSPS) is 10.9. The highest BCUT2D eigenvalue weighted by Crippen LogP contribution is 2.37. The van der Waals surface area contributed by atoms with Crippen molar-refractivity contribution >= 4 is 61.1 Å². The van der Waals surface area contributed by atoms with Crippen molar-refractivity contribution in [3.63, 3.8) is 0 Å². The second-order valence-corrected chi connectivity index (χ2v) is 10.6. The minimum atomic E-state index is -0.525. The number of anilines is 1. The second kappa shape index (κ2) is 14.0. The molecule has 0 aromatic heterocycles. The predicted molar refractivity (Wildman–Crippen MR) is 164 cm³/mol. The topological polar surface area (TPSA) is 80.6 Å². The van der Waals surface area contributed by atoms with Gasteiger partial charge in [-0.2, -0.15) is 5.26 Å². The highest BCUT2D eigenvalue weighted by atomic mass is 79.9. The number of nitrogens with one attached hydrogen (secondary N) is 1. The standard InChI is InChI=1S/C31H23Br2ClN2O4/c1-38-29-16-21(7-12-28(29)39-18-20-5-3-2-4-6-20)19-40-30-26(32)14-22(15-27(30)33)13-23(17-35)31(37)36-25-10-8-24(34)9-11-25/h2-16H,18-19H2,1H3,(H,36,37)/b23-13-. The van der Waals surface area contributed by atoms with Crippen LogP contribution in [0.5, 0.6) is 17.2 Å². The average Bonchev–Trinajstić information content (AvgIpc) is 2.96. The van der Waals surface area contributed by atoms with Gasteiger partial charge in [-0.3, -0.25) is 4.79 Å². The van der Waals surface area contributed by atoms with Crippen molar-refractivity contribution in [3.05, 3.63) is 121 Å². The Morgan fingerprint density at radius 2 is 1.57 bits per heavy atom. The fraction of sp³-hybridized carbons (Fsp3) is 0.0968. The molecule has 202 valence electrons. The first-order chi connectivity index (χ1) is 19.4. The minimum absolute atomic E-state index is 0.0518. The van der Waals surface area contributed by atoms with E-state index in [2.05, 4.69) is 37.2 Å². The average molecular weight is 683 g/mol. The zero-order valence-corrected chi connectivity index (χ0v) is 25.2. The summed E-state index contributed by atoms with van der Waals surface area (Å²) in [7, 11) is 1.60. The number of amides is 1. The molecule has 0 spiro atoms. The van der Waals surface area contributed by atoms with E-state index < -0.39 is 5.91 Å². The van der Waals surface area contributed by atoms with Crippen molar-refractivity contribution < 1.29 is 19.0 Å². The monoisotopic (exact) mass is 680 g/mol. The van der Waals surface area contributed by atoms with E-state index in [1.54, 1.807) is 43.5 Å². The zero-order chi connectivity index (χ0) is 28.5. The van der Waals surface area contributed by atoms with E-state index >= 15 is 0 Å². The van der Waals surface area contributed by atoms with Gasteiger partial charge >= 0.3 is 0 Å². The lowest BCUT2D eigenvalue weighted by atomic mass is 10.1. The SMILES string of the molecule is COc1cc(COc2c(Br)cc(/C=C(/C#N)C(=O)Nc3ccc(Cl)cc3)cc2Br)ccc1OCc1ccccc1. The molecule has 6 nitrogen and oxygen atoms in total. The van der Waals surface area contributed by atoms with Crippen LogP contribution in [0.25, 0.3) is 6.08 Å². The maximum atomic E-state index is 12.6. The van der Waals surface area contributed by atoms with Gasteiger partial charge in [0.15, 0.2) is 11.5 Å². The molecular formula is C31H23Br2ClN2O4. The predicted octanol–water partition coefficient (Wildman–Crippen LogP) is 8.58. The molecular weight excluding hydrogens is 660 g/mol. The number of carbonyl (C=O) groups excluding carboxylic acids is 1. The van der Waals surface area contributed by atoms with Crippen LogP contribution in [0.15, 0.2) is 99.4 Å². The van der Waals surface area contributed by atoms with Crippen molar-refractivity contribution in [1.29, 1.82) is 5.26 Å². The summed E-state index contributed by atoms with van der Waals surface area (Å²) in [6, 6.07) is 27.7. The molecule has 1 N–H and O–H groups in total. The maximum absolute atomic E-state index is 12.6. The summed E-state index contributed by atoms with van der Waals surface area (Å²) < 4.78 is 18.8. The Morgan fingerprint density at radius 3 is 2.23 bits per heavy atom. The lowest BCUT2D eigenvalue weighted by Crippen LogP contribution is -2.13. The molecule has 0 radical (unpaired) electrons. The van der Waals surface area contributed by atoms with Crippen molar-refractivity contribution in [2.75, 3.05) is 12.4 Å². The number of hydrogen-bond acceptors (Lipinski definition) is 5. The number of carbonyl (C=O) groups is 1. The Hall–Kier alpha value is -3.77. The number of hydrogen-bond donors (Lipinski definition) is 1. The van der Waals surface area contributed by atoms with Crippen LogP contribution < -0.4 is 19.5 Å². The van der Waals surface area contributed by atoms with Crippen LogP contribution in [-0.2, 0) is 18.0 Å². The Bertz CT molecular complexity index is 1550. The Balaban J connectivity index is 1.43. The van der Waals surface area contributed by atoms with Gasteiger partial charge < -0.3 is 19.5 Å². The van der Waals surface area contributed by atoms with Crippen LogP contribution in [0.2, 0.25) is 5.02 Å². The quantitative estimate of drug-likeness (QED) is 0.134. The number of methoxy groups -OCH3 is 1. The smallest absolute Gasteiger partial charge is 0.266 e. The van der Waals surface area contributed by atoms with Gasteiger partial charge in [-0.25, -0.2) is 0 Å². The molecule has 0 fully saturated rings. The molecule has 0 aliphatic carbocycles. The van der Waals surface area contributed by atoms with Crippen LogP contribution in [-0.4, -0.2) is 13.0 Å². The summed E-state index contributed by atoms with van der Waals surface area (Å²) in [6.45, 7) is 0.707. The first kappa shape index (κ1) is 29.2. The molecule has 0 aliphatic heterocycles. The third kappa shape index (κ3) is 7.89. The molecule has 0 bridgehead atoms. The van der Waals surface area contributed by atoms with Gasteiger partial charge in [0.25, 0.3) is 5.91 Å². The number of benzene rings is 4. The fourth-order valence-electron chi connectivity index (χ4n) is 3.66. The number of nitrogens with zero attached hydrogens (tertiary/aromatic N) is 1. The van der Waals surface area contributed by atoms with E-state index in [1.807, 2.05) is 54.6 Å². The highest BCUT2D eigenvalue weighted by Gasteiger charge is 2.14. The number of rotatable bonds is 10. The number of ether oxygens (including phenoxy) is 3. The molecule has 0 atom stereocenters. The lowest BCUT2D eigenvalue weighted by Gasteiger charge is -2.14. The van der Waals surface area contributed by atoms with Gasteiger partial charge in [-0.1, -0.05) is 48.0 Å². The molecule has 4 rings (SSSR count). The molecule has 0 unspecified atom stereocenters. The summed E-state index contributed by atoms with van der Waals surface area (Å²) in [5.74, 6) is 1.30. The van der Waals surface area contributed by atoms with E-state index in [4.69, 9.17) is 25.8 Å². The first-order valence-corrected chi connectivity index (χ1v) is 14.0. The summed E-state index contributed by atoms with van der Waals surface area (Å²) in [4.78, 5) is 12.6. The van der Waals surface area contributed by atoms with Crippen LogP contribution in [0.4, 0.5) is 5.69 Å². The van der Waals surface area contributed by atoms with Crippen molar-refractivity contribution in [2.24, 2.45) is 0 Å². The van der Waals surface area contributed by atoms with E-state index in [0.717, 1.165) is 11.1 Å². The molecule has 0 heterocycles. The Morgan fingerprint density at radius 1 is 0.900 bits per heavy atom. The van der Waals surface area contributed by atoms with E-state index in [0.29, 0.717) is 49.1 Å². The van der Waals surface area contributed by atoms with Crippen LogP contribution >= 0.6 is 43.5 Å². The van der Waals surface area contributed by atoms with Crippen molar-refractivity contribution in [2.45, 2.75) is 13.2 Å². The molecule has 0 saturated heterocycles. The van der Waals surface area contributed by atoms with Crippen molar-refractivity contribution in [3.8, 4) is 23.3 Å². The molecule has 1 amide bonds. The third-order valence-corrected chi connectivity index (χ3v) is 7.08. The number of nitriles is 1. The highest BCUT2D eigenvalue weighted by molar-refractivity contribution is 9.11. The maximum Gasteiger partial charge on any atom is 0.266 e.